The van der Waals surface area contributed by atoms with Crippen LogP contribution in [0.25, 0.3) is 0 Å². The molecule has 0 heterocycles. The van der Waals surface area contributed by atoms with Crippen molar-refractivity contribution in [3.8, 4) is 0 Å². The van der Waals surface area contributed by atoms with Crippen LogP contribution in [0.3, 0.4) is 0 Å². The van der Waals surface area contributed by atoms with E-state index in [4.69, 9.17) is 0 Å². The molecule has 0 radical (unpaired) electrons. The molecular weight excluding hydrogens is 208 g/mol. The van der Waals surface area contributed by atoms with Crippen LogP contribution in [0, 0.1) is 0 Å². The van der Waals surface area contributed by atoms with Gasteiger partial charge in [0, 0.05) is 5.75 Å². The van der Waals surface area contributed by atoms with Gasteiger partial charge >= 0.3 is 0 Å². The first-order chi connectivity index (χ1) is 4.41. The molecule has 0 spiro atoms. The minimum atomic E-state index is 1.27. The first-order valence-corrected chi connectivity index (χ1v) is 8.72. The Labute approximate surface area is 77.1 Å². The molecule has 0 saturated carbocycles. The second-order valence-corrected chi connectivity index (χ2v) is 8.21. The Morgan fingerprint density at radius 2 is 2.11 bits per heavy atom. The van der Waals surface area contributed by atoms with Crippen molar-refractivity contribution in [2.24, 2.45) is 0 Å². The highest BCUT2D eigenvalue weighted by Gasteiger charge is 1.88. The summed E-state index contributed by atoms with van der Waals surface area (Å²) >= 11 is 3.99. The Morgan fingerprint density at radius 3 is 2.67 bits per heavy atom. The normalized spacial score (nSPS) is 10.0. The number of thiol groups is 1. The SMILES string of the molecule is CCCCSSSSS. The average Bonchev–Trinajstić information content (AvgIpc) is 1.89. The monoisotopic (exact) mass is 218 g/mol. The van der Waals surface area contributed by atoms with E-state index in [9.17, 15) is 0 Å². The summed E-state index contributed by atoms with van der Waals surface area (Å²) in [5, 5.41) is 0. The van der Waals surface area contributed by atoms with E-state index in [2.05, 4.69) is 18.6 Å². The van der Waals surface area contributed by atoms with E-state index in [1.54, 1.807) is 9.83 Å². The predicted molar refractivity (Wildman–Crippen MR) is 59.1 cm³/mol. The van der Waals surface area contributed by atoms with Gasteiger partial charge in [-0.05, 0) is 35.9 Å². The minimum absolute atomic E-state index is 1.27. The maximum absolute atomic E-state index is 3.99. The molecule has 0 aliphatic heterocycles. The fourth-order valence-corrected chi connectivity index (χ4v) is 6.49. The molecule has 0 rings (SSSR count). The number of rotatable bonds is 6. The van der Waals surface area contributed by atoms with Gasteiger partial charge in [0.1, 0.15) is 0 Å². The van der Waals surface area contributed by atoms with Crippen molar-refractivity contribution in [1.82, 2.24) is 0 Å². The van der Waals surface area contributed by atoms with Crippen LogP contribution in [-0.4, -0.2) is 5.75 Å². The van der Waals surface area contributed by atoms with Gasteiger partial charge in [-0.3, -0.25) is 0 Å². The average molecular weight is 218 g/mol. The number of hydrogen-bond acceptors (Lipinski definition) is 5. The van der Waals surface area contributed by atoms with E-state index < -0.39 is 0 Å². The number of hydrogen-bond donors (Lipinski definition) is 1. The standard InChI is InChI=1S/C4H10S5/c1-2-3-4-6-8-9-7-5/h5H,2-4H2,1H3. The van der Waals surface area contributed by atoms with Gasteiger partial charge in [0.05, 0.1) is 0 Å². The molecule has 0 atom stereocenters. The molecule has 0 saturated heterocycles. The Kier molecular flexibility index (Phi) is 11.6. The molecule has 0 aromatic heterocycles. The zero-order chi connectivity index (χ0) is 6.95. The lowest BCUT2D eigenvalue weighted by Crippen LogP contribution is -1.70. The van der Waals surface area contributed by atoms with Gasteiger partial charge in [0.2, 0.25) is 0 Å². The van der Waals surface area contributed by atoms with Gasteiger partial charge in [-0.2, -0.15) is 0 Å². The fraction of sp³-hybridized carbons (Fsp3) is 1.00. The lowest BCUT2D eigenvalue weighted by Gasteiger charge is -1.93. The summed E-state index contributed by atoms with van der Waals surface area (Å²) in [6.07, 6.45) is 2.63. The van der Waals surface area contributed by atoms with Gasteiger partial charge < -0.3 is 0 Å². The lowest BCUT2D eigenvalue weighted by molar-refractivity contribution is 0.898. The molecule has 0 fully saturated rings. The molecule has 0 unspecified atom stereocenters. The molecule has 9 heavy (non-hydrogen) atoms. The Balaban J connectivity index is 2.60. The Bertz CT molecular complexity index is 42.2. The van der Waals surface area contributed by atoms with Crippen LogP contribution in [-0.2, 0) is 0 Å². The number of unbranched alkanes of at least 4 members (excludes halogenated alkanes) is 1. The van der Waals surface area contributed by atoms with Gasteiger partial charge in [-0.15, -0.1) is 0 Å². The van der Waals surface area contributed by atoms with Crippen molar-refractivity contribution in [3.05, 3.63) is 0 Å². The zero-order valence-corrected chi connectivity index (χ0v) is 9.36. The lowest BCUT2D eigenvalue weighted by atomic mass is 10.4. The van der Waals surface area contributed by atoms with Crippen molar-refractivity contribution >= 4 is 51.9 Å². The summed E-state index contributed by atoms with van der Waals surface area (Å²) in [5.41, 5.74) is 0. The third kappa shape index (κ3) is 9.75. The van der Waals surface area contributed by atoms with Crippen LogP contribution in [0.5, 0.6) is 0 Å². The van der Waals surface area contributed by atoms with E-state index in [0.29, 0.717) is 0 Å². The van der Waals surface area contributed by atoms with Crippen LogP contribution in [0.1, 0.15) is 19.8 Å². The highest BCUT2D eigenvalue weighted by molar-refractivity contribution is 9.34. The quantitative estimate of drug-likeness (QED) is 0.400. The molecule has 0 aromatic carbocycles. The van der Waals surface area contributed by atoms with E-state index in [0.717, 1.165) is 0 Å². The molecule has 0 aliphatic rings. The summed E-state index contributed by atoms with van der Waals surface area (Å²) in [4.78, 5) is 0. The van der Waals surface area contributed by atoms with Crippen LogP contribution in [0.15, 0.2) is 0 Å². The zero-order valence-electron chi connectivity index (χ0n) is 5.20. The molecule has 5 heteroatoms. The maximum Gasteiger partial charge on any atom is 0.00453 e. The third-order valence-corrected chi connectivity index (χ3v) is 7.55. The van der Waals surface area contributed by atoms with E-state index in [1.807, 2.05) is 20.6 Å². The van der Waals surface area contributed by atoms with Gasteiger partial charge in [-0.1, -0.05) is 35.8 Å². The summed E-state index contributed by atoms with van der Waals surface area (Å²) < 4.78 is 0. The van der Waals surface area contributed by atoms with E-state index in [-0.39, 0.29) is 0 Å². The summed E-state index contributed by atoms with van der Waals surface area (Å²) in [5.74, 6) is 1.27. The third-order valence-electron chi connectivity index (χ3n) is 0.688. The second kappa shape index (κ2) is 9.75. The Morgan fingerprint density at radius 1 is 1.33 bits per heavy atom. The summed E-state index contributed by atoms with van der Waals surface area (Å²) in [6.45, 7) is 2.21. The van der Waals surface area contributed by atoms with Crippen molar-refractivity contribution in [2.45, 2.75) is 19.8 Å². The minimum Gasteiger partial charge on any atom is -0.0988 e. The van der Waals surface area contributed by atoms with E-state index in [1.165, 1.54) is 28.4 Å². The highest BCUT2D eigenvalue weighted by atomic mass is 33.8. The molecule has 0 aliphatic carbocycles. The maximum atomic E-state index is 3.99. The topological polar surface area (TPSA) is 0 Å². The first-order valence-electron chi connectivity index (χ1n) is 2.68. The summed E-state index contributed by atoms with van der Waals surface area (Å²) in [7, 11) is 6.96. The summed E-state index contributed by atoms with van der Waals surface area (Å²) in [6, 6.07) is 0. The van der Waals surface area contributed by atoms with Crippen molar-refractivity contribution in [2.75, 3.05) is 5.75 Å². The van der Waals surface area contributed by atoms with Crippen LogP contribution in [0.4, 0.5) is 0 Å². The van der Waals surface area contributed by atoms with E-state index >= 15 is 0 Å². The second-order valence-electron chi connectivity index (χ2n) is 1.39. The highest BCUT2D eigenvalue weighted by Crippen LogP contribution is 2.44. The van der Waals surface area contributed by atoms with Crippen LogP contribution in [0.2, 0.25) is 0 Å². The first kappa shape index (κ1) is 10.8. The fourth-order valence-electron chi connectivity index (χ4n) is 0.269. The van der Waals surface area contributed by atoms with Crippen molar-refractivity contribution in [3.63, 3.8) is 0 Å². The van der Waals surface area contributed by atoms with Crippen LogP contribution < -0.4 is 0 Å². The molecule has 0 N–H and O–H groups in total. The van der Waals surface area contributed by atoms with Gasteiger partial charge in [0.25, 0.3) is 0 Å². The Hall–Kier alpha value is 1.75. The van der Waals surface area contributed by atoms with Crippen molar-refractivity contribution < 1.29 is 0 Å². The molecule has 0 aromatic rings. The van der Waals surface area contributed by atoms with Gasteiger partial charge in [0.15, 0.2) is 0 Å². The molecule has 0 amide bonds. The van der Waals surface area contributed by atoms with Gasteiger partial charge in [-0.25, -0.2) is 0 Å². The molecule has 56 valence electrons. The van der Waals surface area contributed by atoms with Crippen LogP contribution >= 0.6 is 51.9 Å². The molecular formula is C4H10S5. The molecule has 0 nitrogen and oxygen atoms in total. The predicted octanol–water partition coefficient (Wildman–Crippen LogP) is 4.31. The smallest absolute Gasteiger partial charge is 0.00453 e. The van der Waals surface area contributed by atoms with Crippen molar-refractivity contribution in [1.29, 1.82) is 0 Å². The largest absolute Gasteiger partial charge is 0.0988 e. The molecule has 0 bridgehead atoms.